The minimum atomic E-state index is 0.580. The summed E-state index contributed by atoms with van der Waals surface area (Å²) in [5, 5.41) is 1.21. The highest BCUT2D eigenvalue weighted by Gasteiger charge is 2.06. The highest BCUT2D eigenvalue weighted by Crippen LogP contribution is 2.26. The molecule has 3 nitrogen and oxygen atoms in total. The third kappa shape index (κ3) is 3.15. The van der Waals surface area contributed by atoms with Crippen LogP contribution in [-0.4, -0.2) is 9.97 Å². The predicted octanol–water partition coefficient (Wildman–Crippen LogP) is 4.73. The van der Waals surface area contributed by atoms with E-state index in [2.05, 4.69) is 52.6 Å². The van der Waals surface area contributed by atoms with Gasteiger partial charge in [-0.1, -0.05) is 30.3 Å². The summed E-state index contributed by atoms with van der Waals surface area (Å²) in [7, 11) is 0. The van der Waals surface area contributed by atoms with Gasteiger partial charge in [-0.3, -0.25) is 4.98 Å². The first kappa shape index (κ1) is 14.5. The van der Waals surface area contributed by atoms with Crippen molar-refractivity contribution in [3.8, 4) is 5.75 Å². The summed E-state index contributed by atoms with van der Waals surface area (Å²) >= 11 is 0. The van der Waals surface area contributed by atoms with Crippen LogP contribution >= 0.6 is 0 Å². The van der Waals surface area contributed by atoms with Gasteiger partial charge in [-0.2, -0.15) is 0 Å². The summed E-state index contributed by atoms with van der Waals surface area (Å²) in [5.74, 6) is 0.891. The molecule has 118 valence electrons. The smallest absolute Gasteiger partial charge is 0.120 e. The van der Waals surface area contributed by atoms with Crippen LogP contribution in [0.25, 0.3) is 10.9 Å². The zero-order chi connectivity index (χ0) is 16.2. The lowest BCUT2D eigenvalue weighted by molar-refractivity contribution is 0.306. The fraction of sp³-hybridized carbons (Fsp3) is 0.0952. The van der Waals surface area contributed by atoms with Crippen LogP contribution in [0.3, 0.4) is 0 Å². The summed E-state index contributed by atoms with van der Waals surface area (Å²) in [4.78, 5) is 7.41. The van der Waals surface area contributed by atoms with E-state index in [0.717, 1.165) is 17.7 Å². The Hall–Kier alpha value is -3.07. The van der Waals surface area contributed by atoms with Crippen LogP contribution < -0.4 is 4.74 Å². The lowest BCUT2D eigenvalue weighted by atomic mass is 10.1. The maximum atomic E-state index is 5.95. The van der Waals surface area contributed by atoms with Gasteiger partial charge in [0.2, 0.25) is 0 Å². The normalized spacial score (nSPS) is 10.8. The minimum Gasteiger partial charge on any atom is -0.489 e. The highest BCUT2D eigenvalue weighted by molar-refractivity contribution is 5.85. The number of fused-ring (bicyclic) bond motifs is 1. The molecule has 0 saturated carbocycles. The zero-order valence-corrected chi connectivity index (χ0v) is 13.3. The Morgan fingerprint density at radius 1 is 0.875 bits per heavy atom. The summed E-state index contributed by atoms with van der Waals surface area (Å²) in [6.07, 6.45) is 6.62. The van der Waals surface area contributed by atoms with Crippen molar-refractivity contribution in [2.45, 2.75) is 13.0 Å². The van der Waals surface area contributed by atoms with Gasteiger partial charge in [-0.05, 0) is 53.4 Å². The Morgan fingerprint density at radius 3 is 2.54 bits per heavy atom. The Morgan fingerprint density at radius 2 is 1.71 bits per heavy atom. The number of pyridine rings is 1. The average Bonchev–Trinajstić information content (AvgIpc) is 3.04. The average molecular weight is 314 g/mol. The number of hydrogen-bond donors (Lipinski definition) is 1. The first-order chi connectivity index (χ1) is 11.9. The van der Waals surface area contributed by atoms with Gasteiger partial charge in [-0.15, -0.1) is 0 Å². The number of nitrogens with one attached hydrogen (secondary N) is 1. The molecule has 0 amide bonds. The van der Waals surface area contributed by atoms with Crippen LogP contribution in [0, 0.1) is 0 Å². The van der Waals surface area contributed by atoms with Gasteiger partial charge in [0.15, 0.2) is 0 Å². The number of H-pyrrole nitrogens is 1. The van der Waals surface area contributed by atoms with Crippen molar-refractivity contribution >= 4 is 10.9 Å². The number of ether oxygens (including phenoxy) is 1. The molecule has 2 aromatic heterocycles. The molecule has 4 rings (SSSR count). The maximum Gasteiger partial charge on any atom is 0.120 e. The Balaban J connectivity index is 1.56. The summed E-state index contributed by atoms with van der Waals surface area (Å²) < 4.78 is 5.95. The molecule has 0 aliphatic rings. The number of hydrogen-bond acceptors (Lipinski definition) is 2. The van der Waals surface area contributed by atoms with Gasteiger partial charge >= 0.3 is 0 Å². The summed E-state index contributed by atoms with van der Waals surface area (Å²) in [6.45, 7) is 0.580. The number of aromatic nitrogens is 2. The van der Waals surface area contributed by atoms with E-state index in [1.807, 2.05) is 36.7 Å². The van der Waals surface area contributed by atoms with Crippen LogP contribution in [0.15, 0.2) is 79.3 Å². The van der Waals surface area contributed by atoms with E-state index in [9.17, 15) is 0 Å². The number of aromatic amines is 1. The summed E-state index contributed by atoms with van der Waals surface area (Å²) in [6, 6.07) is 20.5. The molecule has 0 unspecified atom stereocenters. The molecule has 2 heterocycles. The van der Waals surface area contributed by atoms with E-state index in [0.29, 0.717) is 6.61 Å². The van der Waals surface area contributed by atoms with E-state index in [4.69, 9.17) is 4.74 Å². The number of nitrogens with zero attached hydrogens (tertiary/aromatic N) is 1. The van der Waals surface area contributed by atoms with E-state index >= 15 is 0 Å². The van der Waals surface area contributed by atoms with E-state index in [-0.39, 0.29) is 0 Å². The fourth-order valence-corrected chi connectivity index (χ4v) is 2.86. The number of benzene rings is 2. The molecule has 0 aliphatic heterocycles. The third-order valence-electron chi connectivity index (χ3n) is 4.13. The Kier molecular flexibility index (Phi) is 3.98. The second kappa shape index (κ2) is 6.59. The fourth-order valence-electron chi connectivity index (χ4n) is 2.86. The SMILES string of the molecule is c1ccc(COc2ccc3[nH]cc(Cc4ccncc4)c3c2)cc1. The van der Waals surface area contributed by atoms with Crippen LogP contribution in [0.5, 0.6) is 5.75 Å². The van der Waals surface area contributed by atoms with Crippen molar-refractivity contribution in [2.75, 3.05) is 0 Å². The van der Waals surface area contributed by atoms with Crippen LogP contribution in [0.2, 0.25) is 0 Å². The molecule has 1 N–H and O–H groups in total. The van der Waals surface area contributed by atoms with Gasteiger partial charge in [0.25, 0.3) is 0 Å². The molecule has 2 aromatic carbocycles. The van der Waals surface area contributed by atoms with E-state index < -0.39 is 0 Å². The van der Waals surface area contributed by atoms with Gasteiger partial charge < -0.3 is 9.72 Å². The van der Waals surface area contributed by atoms with Crippen LogP contribution in [0.1, 0.15) is 16.7 Å². The van der Waals surface area contributed by atoms with Crippen molar-refractivity contribution in [2.24, 2.45) is 0 Å². The molecule has 0 bridgehead atoms. The lowest BCUT2D eigenvalue weighted by Crippen LogP contribution is -1.95. The molecule has 0 fully saturated rings. The monoisotopic (exact) mass is 314 g/mol. The van der Waals surface area contributed by atoms with E-state index in [1.54, 1.807) is 0 Å². The van der Waals surface area contributed by atoms with Crippen LogP contribution in [0.4, 0.5) is 0 Å². The lowest BCUT2D eigenvalue weighted by Gasteiger charge is -2.07. The zero-order valence-electron chi connectivity index (χ0n) is 13.3. The number of rotatable bonds is 5. The van der Waals surface area contributed by atoms with Gasteiger partial charge in [0.1, 0.15) is 12.4 Å². The first-order valence-electron chi connectivity index (χ1n) is 8.04. The van der Waals surface area contributed by atoms with Gasteiger partial charge in [-0.25, -0.2) is 0 Å². The summed E-state index contributed by atoms with van der Waals surface area (Å²) in [5.41, 5.74) is 4.82. The van der Waals surface area contributed by atoms with Gasteiger partial charge in [0, 0.05) is 29.5 Å². The Labute approximate surface area is 140 Å². The predicted molar refractivity (Wildman–Crippen MR) is 96.1 cm³/mol. The Bertz CT molecular complexity index is 930. The third-order valence-corrected chi connectivity index (χ3v) is 4.13. The van der Waals surface area contributed by atoms with Crippen molar-refractivity contribution in [3.05, 3.63) is 95.9 Å². The molecular formula is C21H18N2O. The second-order valence-electron chi connectivity index (χ2n) is 5.83. The topological polar surface area (TPSA) is 37.9 Å². The van der Waals surface area contributed by atoms with E-state index in [1.165, 1.54) is 22.1 Å². The molecule has 0 spiro atoms. The van der Waals surface area contributed by atoms with Crippen molar-refractivity contribution in [3.63, 3.8) is 0 Å². The molecule has 24 heavy (non-hydrogen) atoms. The first-order valence-corrected chi connectivity index (χ1v) is 8.04. The van der Waals surface area contributed by atoms with Gasteiger partial charge in [0.05, 0.1) is 0 Å². The molecular weight excluding hydrogens is 296 g/mol. The standard InChI is InChI=1S/C21H18N2O/c1-2-4-17(5-3-1)15-24-19-6-7-21-20(13-19)18(14-23-21)12-16-8-10-22-11-9-16/h1-11,13-14,23H,12,15H2. The van der Waals surface area contributed by atoms with Crippen molar-refractivity contribution in [1.29, 1.82) is 0 Å². The molecule has 4 aromatic rings. The molecule has 0 aliphatic carbocycles. The quantitative estimate of drug-likeness (QED) is 0.578. The van der Waals surface area contributed by atoms with Crippen molar-refractivity contribution < 1.29 is 4.74 Å². The van der Waals surface area contributed by atoms with Crippen LogP contribution in [-0.2, 0) is 13.0 Å². The second-order valence-corrected chi connectivity index (χ2v) is 5.83. The largest absolute Gasteiger partial charge is 0.489 e. The maximum absolute atomic E-state index is 5.95. The molecule has 0 radical (unpaired) electrons. The molecule has 0 saturated heterocycles. The minimum absolute atomic E-state index is 0.580. The highest BCUT2D eigenvalue weighted by atomic mass is 16.5. The molecule has 3 heteroatoms. The van der Waals surface area contributed by atoms with Crippen molar-refractivity contribution in [1.82, 2.24) is 9.97 Å². The molecule has 0 atom stereocenters.